The second-order valence-corrected chi connectivity index (χ2v) is 5.40. The Morgan fingerprint density at radius 3 is 2.50 bits per heavy atom. The number of carboxylic acid groups (broad SMARTS) is 1. The first kappa shape index (κ1) is 15.7. The van der Waals surface area contributed by atoms with E-state index in [4.69, 9.17) is 4.74 Å². The summed E-state index contributed by atoms with van der Waals surface area (Å²) in [6, 6.07) is 13.3. The van der Waals surface area contributed by atoms with Crippen molar-refractivity contribution in [3.8, 4) is 5.75 Å². The number of amides is 2. The Bertz CT molecular complexity index is 830. The maximum Gasteiger partial charge on any atom is 0.320 e. The first-order valence-electron chi connectivity index (χ1n) is 7.34. The maximum absolute atomic E-state index is 12.7. The van der Waals surface area contributed by atoms with Gasteiger partial charge in [-0.05, 0) is 17.7 Å². The second kappa shape index (κ2) is 6.16. The molecule has 0 spiro atoms. The van der Waals surface area contributed by atoms with Crippen LogP contribution in [-0.2, 0) is 16.1 Å². The van der Waals surface area contributed by atoms with Crippen LogP contribution < -0.4 is 4.74 Å². The first-order chi connectivity index (χ1) is 11.5. The van der Waals surface area contributed by atoms with Gasteiger partial charge in [0.25, 0.3) is 5.91 Å². The summed E-state index contributed by atoms with van der Waals surface area (Å²) in [6.45, 7) is -0.0419. The normalized spacial score (nSPS) is 16.7. The molecule has 0 bridgehead atoms. The van der Waals surface area contributed by atoms with Gasteiger partial charge in [-0.1, -0.05) is 36.4 Å². The topological polar surface area (TPSA) is 83.9 Å². The van der Waals surface area contributed by atoms with Crippen molar-refractivity contribution >= 4 is 17.8 Å². The number of aliphatic carboxylic acids is 1. The highest BCUT2D eigenvalue weighted by Crippen LogP contribution is 2.31. The molecule has 0 radical (unpaired) electrons. The number of nitrogens with zero attached hydrogens (tertiary/aromatic N) is 1. The van der Waals surface area contributed by atoms with Crippen LogP contribution >= 0.6 is 0 Å². The van der Waals surface area contributed by atoms with Gasteiger partial charge in [0.2, 0.25) is 5.91 Å². The molecule has 2 aromatic carbocycles. The Morgan fingerprint density at radius 2 is 1.79 bits per heavy atom. The van der Waals surface area contributed by atoms with Crippen LogP contribution in [0.3, 0.4) is 0 Å². The number of imide groups is 1. The number of hydrogen-bond acceptors (Lipinski definition) is 4. The molecule has 1 aliphatic rings. The average molecular weight is 325 g/mol. The molecule has 2 amide bonds. The predicted molar refractivity (Wildman–Crippen MR) is 84.7 cm³/mol. The molecule has 1 aliphatic heterocycles. The first-order valence-corrected chi connectivity index (χ1v) is 7.34. The standard InChI is InChI=1S/C18H15NO5/c1-24-14-9-5-2-6-11(14)10-19-16(20)13-8-4-3-7-12(13)15(17(19)21)18(22)23/h2-9,15H,10H2,1H3,(H,22,23). The van der Waals surface area contributed by atoms with Gasteiger partial charge < -0.3 is 9.84 Å². The molecular weight excluding hydrogens is 310 g/mol. The third-order valence-electron chi connectivity index (χ3n) is 4.03. The minimum absolute atomic E-state index is 0.0419. The third kappa shape index (κ3) is 2.52. The van der Waals surface area contributed by atoms with Crippen molar-refractivity contribution in [2.24, 2.45) is 0 Å². The van der Waals surface area contributed by atoms with Gasteiger partial charge in [-0.15, -0.1) is 0 Å². The Morgan fingerprint density at radius 1 is 1.12 bits per heavy atom. The molecule has 1 N–H and O–H groups in total. The molecule has 6 nitrogen and oxygen atoms in total. The summed E-state index contributed by atoms with van der Waals surface area (Å²) in [7, 11) is 1.49. The molecule has 0 fully saturated rings. The van der Waals surface area contributed by atoms with Gasteiger partial charge in [0, 0.05) is 11.1 Å². The van der Waals surface area contributed by atoms with Crippen molar-refractivity contribution in [1.82, 2.24) is 4.90 Å². The van der Waals surface area contributed by atoms with Crippen molar-refractivity contribution in [2.75, 3.05) is 7.11 Å². The highest BCUT2D eigenvalue weighted by Gasteiger charge is 2.42. The van der Waals surface area contributed by atoms with Crippen molar-refractivity contribution in [3.05, 3.63) is 65.2 Å². The molecule has 24 heavy (non-hydrogen) atoms. The molecule has 2 aromatic rings. The zero-order valence-corrected chi connectivity index (χ0v) is 12.9. The molecular formula is C18H15NO5. The maximum atomic E-state index is 12.7. The molecule has 0 saturated carbocycles. The van der Waals surface area contributed by atoms with E-state index in [9.17, 15) is 19.5 Å². The summed E-state index contributed by atoms with van der Waals surface area (Å²) >= 11 is 0. The third-order valence-corrected chi connectivity index (χ3v) is 4.03. The molecule has 1 heterocycles. The van der Waals surface area contributed by atoms with Gasteiger partial charge in [0.15, 0.2) is 5.92 Å². The number of carboxylic acids is 1. The predicted octanol–water partition coefficient (Wildman–Crippen LogP) is 2.05. The number of methoxy groups -OCH3 is 1. The number of ether oxygens (including phenoxy) is 1. The molecule has 6 heteroatoms. The molecule has 1 unspecified atom stereocenters. The summed E-state index contributed by atoms with van der Waals surface area (Å²) in [5.41, 5.74) is 1.10. The lowest BCUT2D eigenvalue weighted by Crippen LogP contribution is -2.46. The van der Waals surface area contributed by atoms with Gasteiger partial charge in [0.1, 0.15) is 5.75 Å². The fraction of sp³-hybridized carbons (Fsp3) is 0.167. The quantitative estimate of drug-likeness (QED) is 0.687. The molecule has 122 valence electrons. The molecule has 0 aromatic heterocycles. The van der Waals surface area contributed by atoms with E-state index >= 15 is 0 Å². The van der Waals surface area contributed by atoms with Crippen LogP contribution in [0.5, 0.6) is 5.75 Å². The van der Waals surface area contributed by atoms with Gasteiger partial charge in [-0.3, -0.25) is 19.3 Å². The summed E-state index contributed by atoms with van der Waals surface area (Å²) in [5, 5.41) is 9.44. The average Bonchev–Trinajstić information content (AvgIpc) is 2.59. The van der Waals surface area contributed by atoms with E-state index in [1.807, 2.05) is 0 Å². The fourth-order valence-corrected chi connectivity index (χ4v) is 2.87. The SMILES string of the molecule is COc1ccccc1CN1C(=O)c2ccccc2C(C(=O)O)C1=O. The van der Waals surface area contributed by atoms with Crippen LogP contribution in [0.2, 0.25) is 0 Å². The molecule has 0 saturated heterocycles. The largest absolute Gasteiger partial charge is 0.496 e. The highest BCUT2D eigenvalue weighted by atomic mass is 16.5. The van der Waals surface area contributed by atoms with Crippen LogP contribution in [-0.4, -0.2) is 34.9 Å². The van der Waals surface area contributed by atoms with E-state index in [1.54, 1.807) is 36.4 Å². The van der Waals surface area contributed by atoms with Crippen molar-refractivity contribution in [3.63, 3.8) is 0 Å². The Labute approximate surface area is 138 Å². The number of para-hydroxylation sites is 1. The summed E-state index contributed by atoms with van der Waals surface area (Å²) < 4.78 is 5.24. The minimum atomic E-state index is -1.38. The number of fused-ring (bicyclic) bond motifs is 1. The molecule has 3 rings (SSSR count). The van der Waals surface area contributed by atoms with Gasteiger partial charge in [0.05, 0.1) is 13.7 Å². The fourth-order valence-electron chi connectivity index (χ4n) is 2.87. The number of carbonyl (C=O) groups is 3. The summed E-state index contributed by atoms with van der Waals surface area (Å²) in [4.78, 5) is 37.8. The number of rotatable bonds is 4. The minimum Gasteiger partial charge on any atom is -0.496 e. The van der Waals surface area contributed by atoms with Crippen LogP contribution in [0.1, 0.15) is 27.4 Å². The zero-order chi connectivity index (χ0) is 17.3. The van der Waals surface area contributed by atoms with Crippen LogP contribution in [0.4, 0.5) is 0 Å². The van der Waals surface area contributed by atoms with Crippen LogP contribution in [0.25, 0.3) is 0 Å². The second-order valence-electron chi connectivity index (χ2n) is 5.40. The van der Waals surface area contributed by atoms with E-state index in [1.165, 1.54) is 19.2 Å². The van der Waals surface area contributed by atoms with E-state index in [2.05, 4.69) is 0 Å². The van der Waals surface area contributed by atoms with Crippen LogP contribution in [0, 0.1) is 0 Å². The number of benzene rings is 2. The Kier molecular flexibility index (Phi) is 4.04. The zero-order valence-electron chi connectivity index (χ0n) is 12.9. The number of carbonyl (C=O) groups excluding carboxylic acids is 2. The Hall–Kier alpha value is -3.15. The highest BCUT2D eigenvalue weighted by molar-refractivity contribution is 6.17. The lowest BCUT2D eigenvalue weighted by molar-refractivity contribution is -0.146. The van der Waals surface area contributed by atoms with Crippen LogP contribution in [0.15, 0.2) is 48.5 Å². The van der Waals surface area contributed by atoms with Gasteiger partial charge >= 0.3 is 5.97 Å². The monoisotopic (exact) mass is 325 g/mol. The van der Waals surface area contributed by atoms with Crippen molar-refractivity contribution in [2.45, 2.75) is 12.5 Å². The van der Waals surface area contributed by atoms with Crippen molar-refractivity contribution in [1.29, 1.82) is 0 Å². The lowest BCUT2D eigenvalue weighted by atomic mass is 9.88. The smallest absolute Gasteiger partial charge is 0.320 e. The van der Waals surface area contributed by atoms with E-state index in [-0.39, 0.29) is 17.7 Å². The lowest BCUT2D eigenvalue weighted by Gasteiger charge is -2.30. The van der Waals surface area contributed by atoms with E-state index < -0.39 is 23.7 Å². The summed E-state index contributed by atoms with van der Waals surface area (Å²) in [5.74, 6) is -3.36. The molecule has 1 atom stereocenters. The summed E-state index contributed by atoms with van der Waals surface area (Å²) in [6.07, 6.45) is 0. The van der Waals surface area contributed by atoms with Crippen molar-refractivity contribution < 1.29 is 24.2 Å². The van der Waals surface area contributed by atoms with E-state index in [0.717, 1.165) is 4.90 Å². The van der Waals surface area contributed by atoms with Gasteiger partial charge in [-0.25, -0.2) is 0 Å². The van der Waals surface area contributed by atoms with E-state index in [0.29, 0.717) is 11.3 Å². The number of hydrogen-bond donors (Lipinski definition) is 1. The van der Waals surface area contributed by atoms with Gasteiger partial charge in [-0.2, -0.15) is 0 Å². The molecule has 0 aliphatic carbocycles. The Balaban J connectivity index is 2.04.